The van der Waals surface area contributed by atoms with Crippen LogP contribution in [-0.2, 0) is 25.7 Å². The highest BCUT2D eigenvalue weighted by Gasteiger charge is 2.34. The summed E-state index contributed by atoms with van der Waals surface area (Å²) in [4.78, 5) is 29.8. The van der Waals surface area contributed by atoms with Gasteiger partial charge in [0.25, 0.3) is 0 Å². The Kier molecular flexibility index (Phi) is 9.64. The molecule has 0 N–H and O–H groups in total. The second-order valence-corrected chi connectivity index (χ2v) is 11.4. The lowest BCUT2D eigenvalue weighted by Gasteiger charge is -2.37. The van der Waals surface area contributed by atoms with E-state index in [-0.39, 0.29) is 25.2 Å². The topological polar surface area (TPSA) is 96.7 Å². The minimum atomic E-state index is -0.726. The normalized spacial score (nSPS) is 17.4. The molecule has 1 saturated heterocycles. The predicted molar refractivity (Wildman–Crippen MR) is 160 cm³/mol. The zero-order valence-corrected chi connectivity index (χ0v) is 24.7. The van der Waals surface area contributed by atoms with Crippen LogP contribution in [0.4, 0.5) is 4.79 Å². The number of nitrogens with zero attached hydrogens (tertiary/aromatic N) is 1. The average Bonchev–Trinajstić information content (AvgIpc) is 3.53. The highest BCUT2D eigenvalue weighted by atomic mass is 16.8. The van der Waals surface area contributed by atoms with Crippen LogP contribution in [0.1, 0.15) is 54.6 Å². The maximum Gasteiger partial charge on any atom is 0.528 e. The van der Waals surface area contributed by atoms with Crippen molar-refractivity contribution in [3.63, 3.8) is 0 Å². The van der Waals surface area contributed by atoms with Gasteiger partial charge in [0.05, 0.1) is 31.1 Å². The number of hydrogen-bond acceptors (Lipinski definition) is 9. The van der Waals surface area contributed by atoms with Crippen LogP contribution in [-0.4, -0.2) is 55.2 Å². The molecule has 1 aliphatic rings. The van der Waals surface area contributed by atoms with E-state index < -0.39 is 17.7 Å². The van der Waals surface area contributed by atoms with Crippen molar-refractivity contribution in [2.24, 2.45) is 0 Å². The summed E-state index contributed by atoms with van der Waals surface area (Å²) in [5, 5.41) is 3.96. The first-order valence-electron chi connectivity index (χ1n) is 14.4. The van der Waals surface area contributed by atoms with E-state index in [0.717, 1.165) is 22.9 Å². The largest absolute Gasteiger partial charge is 0.528 e. The van der Waals surface area contributed by atoms with Gasteiger partial charge < -0.3 is 28.2 Å². The van der Waals surface area contributed by atoms with Crippen LogP contribution < -0.4 is 4.74 Å². The van der Waals surface area contributed by atoms with Crippen LogP contribution in [0.25, 0.3) is 10.8 Å². The van der Waals surface area contributed by atoms with E-state index in [1.54, 1.807) is 31.9 Å². The molecule has 2 heterocycles. The Hall–Kier alpha value is -4.34. The first-order chi connectivity index (χ1) is 20.7. The van der Waals surface area contributed by atoms with Gasteiger partial charge in [-0.2, -0.15) is 0 Å². The van der Waals surface area contributed by atoms with Crippen LogP contribution in [0.15, 0.2) is 89.7 Å². The minimum absolute atomic E-state index is 0.0731. The Balaban J connectivity index is 1.21. The summed E-state index contributed by atoms with van der Waals surface area (Å²) in [6.07, 6.45) is 2.52. The van der Waals surface area contributed by atoms with Gasteiger partial charge in [0, 0.05) is 12.5 Å². The van der Waals surface area contributed by atoms with E-state index in [0.29, 0.717) is 31.0 Å². The van der Waals surface area contributed by atoms with E-state index in [9.17, 15) is 9.59 Å². The summed E-state index contributed by atoms with van der Waals surface area (Å²) in [6, 6.07) is 23.9. The Morgan fingerprint density at radius 1 is 0.953 bits per heavy atom. The number of furan rings is 1. The van der Waals surface area contributed by atoms with Crippen molar-refractivity contribution in [1.82, 2.24) is 5.06 Å². The lowest BCUT2D eigenvalue weighted by molar-refractivity contribution is -0.179. The molecule has 9 nitrogen and oxygen atoms in total. The van der Waals surface area contributed by atoms with Crippen LogP contribution in [0, 0.1) is 0 Å². The monoisotopic (exact) mass is 587 g/mol. The lowest BCUT2D eigenvalue weighted by Crippen LogP contribution is -2.45. The first-order valence-corrected chi connectivity index (χ1v) is 14.4. The van der Waals surface area contributed by atoms with Gasteiger partial charge in [-0.25, -0.2) is 9.59 Å². The molecular weight excluding hydrogens is 550 g/mol. The molecule has 2 unspecified atom stereocenters. The molecule has 5 rings (SSSR count). The molecule has 0 aliphatic carbocycles. The molecule has 0 bridgehead atoms. The number of ether oxygens (including phenoxy) is 4. The molecule has 9 heteroatoms. The van der Waals surface area contributed by atoms with Gasteiger partial charge in [-0.3, -0.25) is 0 Å². The number of rotatable bonds is 10. The zero-order valence-electron chi connectivity index (χ0n) is 24.7. The zero-order chi connectivity index (χ0) is 30.2. The molecule has 0 saturated carbocycles. The number of piperidine rings is 1. The summed E-state index contributed by atoms with van der Waals surface area (Å²) in [6.45, 7) is 7.11. The number of esters is 1. The van der Waals surface area contributed by atoms with Gasteiger partial charge in [0.1, 0.15) is 30.8 Å². The predicted octanol–water partition coefficient (Wildman–Crippen LogP) is 6.91. The molecule has 226 valence electrons. The maximum absolute atomic E-state index is 12.4. The number of fused-ring (bicyclic) bond motifs is 1. The lowest BCUT2D eigenvalue weighted by atomic mass is 9.87. The highest BCUT2D eigenvalue weighted by molar-refractivity contribution is 5.88. The summed E-state index contributed by atoms with van der Waals surface area (Å²) in [5.74, 6) is 0.288. The molecule has 1 fully saturated rings. The number of hydroxylamine groups is 2. The smallest absolute Gasteiger partial charge is 0.490 e. The van der Waals surface area contributed by atoms with Crippen molar-refractivity contribution in [3.8, 4) is 5.75 Å². The average molecular weight is 588 g/mol. The first kappa shape index (κ1) is 30.1. The van der Waals surface area contributed by atoms with E-state index in [2.05, 4.69) is 30.3 Å². The maximum atomic E-state index is 12.4. The molecular formula is C34H37NO8. The number of carbonyl (C=O) groups excluding carboxylic acids is 2. The quantitative estimate of drug-likeness (QED) is 0.145. The standard InChI is InChI=1S/C34H37NO8/c1-34(2,3)42-33(37)43-35-16-14-30(31(21-35)41-22-24-8-9-25-6-4-5-7-27(25)20-24)26-10-12-29(13-11-26)39-18-19-40-32(36)28-15-17-38-23-28/h4-13,15,17,20,23,30-31H,14,16,18-19,21-22H2,1-3H3. The molecule has 0 amide bonds. The molecule has 3 aromatic carbocycles. The number of hydrogen-bond donors (Lipinski definition) is 0. The van der Waals surface area contributed by atoms with Crippen LogP contribution >= 0.6 is 0 Å². The number of carbonyl (C=O) groups is 2. The van der Waals surface area contributed by atoms with Gasteiger partial charge in [-0.1, -0.05) is 48.5 Å². The van der Waals surface area contributed by atoms with E-state index >= 15 is 0 Å². The Morgan fingerprint density at radius 2 is 1.74 bits per heavy atom. The van der Waals surface area contributed by atoms with E-state index in [1.807, 2.05) is 36.4 Å². The molecule has 1 aliphatic heterocycles. The molecule has 43 heavy (non-hydrogen) atoms. The molecule has 0 spiro atoms. The summed E-state index contributed by atoms with van der Waals surface area (Å²) >= 11 is 0. The molecule has 0 radical (unpaired) electrons. The SMILES string of the molecule is CC(C)(C)OC(=O)ON1CCC(c2ccc(OCCOC(=O)c3ccoc3)cc2)C(OCc2ccc3ccccc3c2)C1. The van der Waals surface area contributed by atoms with E-state index in [4.69, 9.17) is 28.2 Å². The second-order valence-electron chi connectivity index (χ2n) is 11.4. The van der Waals surface area contributed by atoms with Crippen LogP contribution in [0.2, 0.25) is 0 Å². The van der Waals surface area contributed by atoms with Crippen molar-refractivity contribution in [2.75, 3.05) is 26.3 Å². The van der Waals surface area contributed by atoms with Gasteiger partial charge in [0.2, 0.25) is 0 Å². The van der Waals surface area contributed by atoms with Crippen molar-refractivity contribution < 1.29 is 37.8 Å². The van der Waals surface area contributed by atoms with Crippen molar-refractivity contribution in [2.45, 2.75) is 51.4 Å². The summed E-state index contributed by atoms with van der Waals surface area (Å²) in [7, 11) is 0. The third kappa shape index (κ3) is 8.59. The Labute approximate surface area is 251 Å². The van der Waals surface area contributed by atoms with E-state index in [1.165, 1.54) is 17.9 Å². The third-order valence-electron chi connectivity index (χ3n) is 7.04. The van der Waals surface area contributed by atoms with Crippen molar-refractivity contribution in [3.05, 3.63) is 102 Å². The van der Waals surface area contributed by atoms with Crippen LogP contribution in [0.5, 0.6) is 5.75 Å². The molecule has 4 aromatic rings. The van der Waals surface area contributed by atoms with Gasteiger partial charge in [-0.15, -0.1) is 5.06 Å². The third-order valence-corrected chi connectivity index (χ3v) is 7.04. The molecule has 2 atom stereocenters. The van der Waals surface area contributed by atoms with Gasteiger partial charge in [0.15, 0.2) is 0 Å². The summed E-state index contributed by atoms with van der Waals surface area (Å²) in [5.41, 5.74) is 1.88. The minimum Gasteiger partial charge on any atom is -0.490 e. The van der Waals surface area contributed by atoms with Crippen molar-refractivity contribution in [1.29, 1.82) is 0 Å². The Morgan fingerprint density at radius 3 is 2.49 bits per heavy atom. The fraction of sp³-hybridized carbons (Fsp3) is 0.353. The van der Waals surface area contributed by atoms with Gasteiger partial charge in [-0.05, 0) is 73.4 Å². The fourth-order valence-electron chi connectivity index (χ4n) is 5.00. The summed E-state index contributed by atoms with van der Waals surface area (Å²) < 4.78 is 27.7. The van der Waals surface area contributed by atoms with Crippen molar-refractivity contribution >= 4 is 22.9 Å². The number of benzene rings is 3. The second kappa shape index (κ2) is 13.8. The fourth-order valence-corrected chi connectivity index (χ4v) is 5.00. The highest BCUT2D eigenvalue weighted by Crippen LogP contribution is 2.33. The van der Waals surface area contributed by atoms with Gasteiger partial charge >= 0.3 is 12.1 Å². The van der Waals surface area contributed by atoms with Crippen LogP contribution in [0.3, 0.4) is 0 Å². The molecule has 1 aromatic heterocycles. The Bertz CT molecular complexity index is 1490.